The van der Waals surface area contributed by atoms with Gasteiger partial charge in [-0.3, -0.25) is 4.79 Å². The van der Waals surface area contributed by atoms with E-state index in [2.05, 4.69) is 10.3 Å². The number of amides is 1. The molecule has 18 heavy (non-hydrogen) atoms. The summed E-state index contributed by atoms with van der Waals surface area (Å²) in [5.74, 6) is -0.101. The SMILES string of the molecule is O=C(CNc1ncc(C(F)(F)F)s1)N1CCCC1. The fraction of sp³-hybridized carbons (Fsp3) is 0.600. The zero-order valence-electron chi connectivity index (χ0n) is 9.46. The van der Waals surface area contributed by atoms with Gasteiger partial charge in [0.15, 0.2) is 5.13 Å². The first-order valence-corrected chi connectivity index (χ1v) is 6.33. The molecule has 0 aromatic carbocycles. The van der Waals surface area contributed by atoms with E-state index in [1.807, 2.05) is 0 Å². The third-order valence-electron chi connectivity index (χ3n) is 2.63. The fourth-order valence-corrected chi connectivity index (χ4v) is 2.40. The lowest BCUT2D eigenvalue weighted by Crippen LogP contribution is -2.32. The maximum atomic E-state index is 12.3. The lowest BCUT2D eigenvalue weighted by molar-refractivity contribution is -0.134. The van der Waals surface area contributed by atoms with Crippen molar-refractivity contribution in [1.29, 1.82) is 0 Å². The van der Waals surface area contributed by atoms with Crippen LogP contribution in [0.1, 0.15) is 17.7 Å². The molecule has 0 bridgehead atoms. The molecule has 1 aliphatic heterocycles. The molecule has 0 saturated carbocycles. The Hall–Kier alpha value is -1.31. The van der Waals surface area contributed by atoms with E-state index < -0.39 is 11.1 Å². The average molecular weight is 279 g/mol. The lowest BCUT2D eigenvalue weighted by atomic mass is 10.4. The van der Waals surface area contributed by atoms with Crippen molar-refractivity contribution >= 4 is 22.4 Å². The van der Waals surface area contributed by atoms with E-state index in [0.717, 1.165) is 32.1 Å². The number of carbonyl (C=O) groups excluding carboxylic acids is 1. The Morgan fingerprint density at radius 2 is 2.11 bits per heavy atom. The Labute approximate surface area is 106 Å². The van der Waals surface area contributed by atoms with Crippen LogP contribution in [0.4, 0.5) is 18.3 Å². The molecule has 1 aliphatic rings. The van der Waals surface area contributed by atoms with Crippen LogP contribution in [0, 0.1) is 0 Å². The van der Waals surface area contributed by atoms with Crippen molar-refractivity contribution in [2.24, 2.45) is 0 Å². The number of rotatable bonds is 3. The number of nitrogens with zero attached hydrogens (tertiary/aromatic N) is 2. The monoisotopic (exact) mass is 279 g/mol. The van der Waals surface area contributed by atoms with Gasteiger partial charge in [-0.2, -0.15) is 13.2 Å². The molecule has 0 radical (unpaired) electrons. The average Bonchev–Trinajstić information content (AvgIpc) is 2.96. The Balaban J connectivity index is 1.86. The van der Waals surface area contributed by atoms with Crippen molar-refractivity contribution in [3.05, 3.63) is 11.1 Å². The Morgan fingerprint density at radius 3 is 2.67 bits per heavy atom. The quantitative estimate of drug-likeness (QED) is 0.922. The van der Waals surface area contributed by atoms with E-state index in [0.29, 0.717) is 11.3 Å². The highest BCUT2D eigenvalue weighted by molar-refractivity contribution is 7.15. The number of anilines is 1. The summed E-state index contributed by atoms with van der Waals surface area (Å²) in [7, 11) is 0. The summed E-state index contributed by atoms with van der Waals surface area (Å²) in [6.07, 6.45) is -1.63. The highest BCUT2D eigenvalue weighted by Gasteiger charge is 2.33. The maximum Gasteiger partial charge on any atom is 0.427 e. The van der Waals surface area contributed by atoms with E-state index in [9.17, 15) is 18.0 Å². The van der Waals surface area contributed by atoms with E-state index in [4.69, 9.17) is 0 Å². The summed E-state index contributed by atoms with van der Waals surface area (Å²) in [5, 5.41) is 2.75. The van der Waals surface area contributed by atoms with Crippen molar-refractivity contribution in [1.82, 2.24) is 9.88 Å². The Kier molecular flexibility index (Phi) is 3.74. The van der Waals surface area contributed by atoms with E-state index in [1.165, 1.54) is 0 Å². The summed E-state index contributed by atoms with van der Waals surface area (Å²) in [6.45, 7) is 1.45. The maximum absolute atomic E-state index is 12.3. The molecule has 100 valence electrons. The molecule has 1 fully saturated rings. The molecule has 1 saturated heterocycles. The van der Waals surface area contributed by atoms with Crippen LogP contribution in [-0.4, -0.2) is 35.4 Å². The number of alkyl halides is 3. The third-order valence-corrected chi connectivity index (χ3v) is 3.63. The molecule has 2 rings (SSSR count). The van der Waals surface area contributed by atoms with Crippen molar-refractivity contribution in [3.63, 3.8) is 0 Å². The molecule has 0 atom stereocenters. The summed E-state index contributed by atoms with van der Waals surface area (Å²) in [4.78, 5) is 16.2. The van der Waals surface area contributed by atoms with Crippen LogP contribution in [0.2, 0.25) is 0 Å². The number of hydrogen-bond acceptors (Lipinski definition) is 4. The highest BCUT2D eigenvalue weighted by atomic mass is 32.1. The predicted octanol–water partition coefficient (Wildman–Crippen LogP) is 2.20. The third kappa shape index (κ3) is 3.12. The number of aromatic nitrogens is 1. The topological polar surface area (TPSA) is 45.2 Å². The summed E-state index contributed by atoms with van der Waals surface area (Å²) >= 11 is 0.506. The zero-order valence-corrected chi connectivity index (χ0v) is 10.3. The van der Waals surface area contributed by atoms with Crippen LogP contribution in [0.5, 0.6) is 0 Å². The van der Waals surface area contributed by atoms with E-state index in [1.54, 1.807) is 4.90 Å². The van der Waals surface area contributed by atoms with Gasteiger partial charge in [0.2, 0.25) is 5.91 Å². The molecule has 1 aromatic rings. The first kappa shape index (κ1) is 13.1. The van der Waals surface area contributed by atoms with Gasteiger partial charge in [0.1, 0.15) is 4.88 Å². The summed E-state index contributed by atoms with van der Waals surface area (Å²) in [5.41, 5.74) is 0. The molecule has 0 spiro atoms. The van der Waals surface area contributed by atoms with Crippen LogP contribution in [-0.2, 0) is 11.0 Å². The van der Waals surface area contributed by atoms with Gasteiger partial charge in [0.25, 0.3) is 0 Å². The number of carbonyl (C=O) groups is 1. The second kappa shape index (κ2) is 5.13. The van der Waals surface area contributed by atoms with E-state index >= 15 is 0 Å². The van der Waals surface area contributed by atoms with Gasteiger partial charge in [-0.25, -0.2) is 4.98 Å². The molecule has 1 amide bonds. The first-order valence-electron chi connectivity index (χ1n) is 5.51. The number of thiazole rings is 1. The van der Waals surface area contributed by atoms with Crippen LogP contribution in [0.25, 0.3) is 0 Å². The van der Waals surface area contributed by atoms with Gasteiger partial charge in [0.05, 0.1) is 12.7 Å². The number of halogens is 3. The van der Waals surface area contributed by atoms with Gasteiger partial charge in [-0.05, 0) is 12.8 Å². The molecule has 8 heteroatoms. The molecular weight excluding hydrogens is 267 g/mol. The molecule has 4 nitrogen and oxygen atoms in total. The van der Waals surface area contributed by atoms with Crippen molar-refractivity contribution in [2.45, 2.75) is 19.0 Å². The predicted molar refractivity (Wildman–Crippen MR) is 61.4 cm³/mol. The van der Waals surface area contributed by atoms with Gasteiger partial charge in [-0.1, -0.05) is 11.3 Å². The van der Waals surface area contributed by atoms with Crippen LogP contribution >= 0.6 is 11.3 Å². The molecular formula is C10H12F3N3OS. The van der Waals surface area contributed by atoms with Crippen molar-refractivity contribution < 1.29 is 18.0 Å². The Morgan fingerprint density at radius 1 is 1.44 bits per heavy atom. The number of nitrogens with one attached hydrogen (secondary N) is 1. The minimum atomic E-state index is -4.38. The van der Waals surface area contributed by atoms with Gasteiger partial charge < -0.3 is 10.2 Å². The molecule has 1 N–H and O–H groups in total. The molecule has 0 aliphatic carbocycles. The summed E-state index contributed by atoms with van der Waals surface area (Å²) in [6, 6.07) is 0. The first-order chi connectivity index (χ1) is 8.47. The second-order valence-corrected chi connectivity index (χ2v) is 5.00. The van der Waals surface area contributed by atoms with Gasteiger partial charge in [-0.15, -0.1) is 0 Å². The number of hydrogen-bond donors (Lipinski definition) is 1. The smallest absolute Gasteiger partial charge is 0.352 e. The largest absolute Gasteiger partial charge is 0.427 e. The Bertz CT molecular complexity index is 426. The zero-order chi connectivity index (χ0) is 13.2. The standard InChI is InChI=1S/C10H12F3N3OS/c11-10(12,13)7-5-14-9(18-7)15-6-8(17)16-3-1-2-4-16/h5H,1-4,6H2,(H,14,15). The van der Waals surface area contributed by atoms with Gasteiger partial charge >= 0.3 is 6.18 Å². The second-order valence-electron chi connectivity index (χ2n) is 3.97. The van der Waals surface area contributed by atoms with Crippen molar-refractivity contribution in [2.75, 3.05) is 25.0 Å². The van der Waals surface area contributed by atoms with E-state index in [-0.39, 0.29) is 17.6 Å². The van der Waals surface area contributed by atoms with Crippen LogP contribution in [0.15, 0.2) is 6.20 Å². The molecule has 2 heterocycles. The molecule has 1 aromatic heterocycles. The highest BCUT2D eigenvalue weighted by Crippen LogP contribution is 2.34. The molecule has 0 unspecified atom stereocenters. The normalized spacial score (nSPS) is 16.1. The van der Waals surface area contributed by atoms with Crippen LogP contribution in [0.3, 0.4) is 0 Å². The summed E-state index contributed by atoms with van der Waals surface area (Å²) < 4.78 is 36.9. The fourth-order valence-electron chi connectivity index (χ4n) is 1.72. The van der Waals surface area contributed by atoms with Crippen molar-refractivity contribution in [3.8, 4) is 0 Å². The minimum absolute atomic E-state index is 0.00912. The lowest BCUT2D eigenvalue weighted by Gasteiger charge is -2.14. The minimum Gasteiger partial charge on any atom is -0.352 e. The van der Waals surface area contributed by atoms with Gasteiger partial charge in [0, 0.05) is 13.1 Å². The van der Waals surface area contributed by atoms with Crippen LogP contribution < -0.4 is 5.32 Å². The number of likely N-dealkylation sites (tertiary alicyclic amines) is 1.